The van der Waals surface area contributed by atoms with Crippen molar-refractivity contribution in [2.75, 3.05) is 6.54 Å². The molecule has 1 N–H and O–H groups in total. The molecule has 0 saturated heterocycles. The van der Waals surface area contributed by atoms with Crippen molar-refractivity contribution in [3.8, 4) is 0 Å². The lowest BCUT2D eigenvalue weighted by molar-refractivity contribution is 0.0534. The molecular formula is C16H21NO3. The standard InChI is InChI=1S/C16H21NO3/c1-12-7-8-13(11-18)10-14(12)6-5-9-17-15(19)20-16(2,3)4/h5-8,10-11H,9H2,1-4H3,(H,17,19). The van der Waals surface area contributed by atoms with Crippen LogP contribution in [0, 0.1) is 6.92 Å². The fourth-order valence-electron chi connectivity index (χ4n) is 1.55. The van der Waals surface area contributed by atoms with Crippen LogP contribution in [-0.4, -0.2) is 24.5 Å². The van der Waals surface area contributed by atoms with Gasteiger partial charge in [-0.15, -0.1) is 0 Å². The molecule has 1 aromatic rings. The van der Waals surface area contributed by atoms with Gasteiger partial charge in [0, 0.05) is 12.1 Å². The Morgan fingerprint density at radius 2 is 2.05 bits per heavy atom. The number of nitrogens with one attached hydrogen (secondary N) is 1. The summed E-state index contributed by atoms with van der Waals surface area (Å²) in [5.74, 6) is 0. The minimum Gasteiger partial charge on any atom is -0.444 e. The van der Waals surface area contributed by atoms with Crippen molar-refractivity contribution in [1.82, 2.24) is 5.32 Å². The summed E-state index contributed by atoms with van der Waals surface area (Å²) >= 11 is 0. The van der Waals surface area contributed by atoms with E-state index in [1.165, 1.54) is 0 Å². The largest absolute Gasteiger partial charge is 0.444 e. The van der Waals surface area contributed by atoms with Gasteiger partial charge in [0.15, 0.2) is 0 Å². The Bertz CT molecular complexity index is 513. The van der Waals surface area contributed by atoms with Gasteiger partial charge in [0.2, 0.25) is 0 Å². The van der Waals surface area contributed by atoms with E-state index in [-0.39, 0.29) is 0 Å². The fraction of sp³-hybridized carbons (Fsp3) is 0.375. The second-order valence-electron chi connectivity index (χ2n) is 5.52. The van der Waals surface area contributed by atoms with Gasteiger partial charge < -0.3 is 10.1 Å². The summed E-state index contributed by atoms with van der Waals surface area (Å²) in [5, 5.41) is 2.64. The van der Waals surface area contributed by atoms with Crippen LogP contribution in [-0.2, 0) is 4.74 Å². The molecular weight excluding hydrogens is 254 g/mol. The third-order valence-electron chi connectivity index (χ3n) is 2.50. The number of amides is 1. The predicted octanol–water partition coefficient (Wildman–Crippen LogP) is 3.35. The molecule has 0 radical (unpaired) electrons. The second-order valence-corrected chi connectivity index (χ2v) is 5.52. The number of ether oxygens (including phenoxy) is 1. The molecule has 4 heteroatoms. The molecule has 1 aromatic carbocycles. The predicted molar refractivity (Wildman–Crippen MR) is 79.8 cm³/mol. The normalized spacial score (nSPS) is 11.4. The van der Waals surface area contributed by atoms with Gasteiger partial charge in [-0.25, -0.2) is 4.79 Å². The summed E-state index contributed by atoms with van der Waals surface area (Å²) in [6.07, 6.45) is 4.07. The van der Waals surface area contributed by atoms with Crippen molar-refractivity contribution in [2.45, 2.75) is 33.3 Å². The lowest BCUT2D eigenvalue weighted by atomic mass is 10.1. The lowest BCUT2D eigenvalue weighted by Crippen LogP contribution is -2.32. The smallest absolute Gasteiger partial charge is 0.407 e. The number of aryl methyl sites for hydroxylation is 1. The van der Waals surface area contributed by atoms with E-state index in [2.05, 4.69) is 5.32 Å². The summed E-state index contributed by atoms with van der Waals surface area (Å²) in [7, 11) is 0. The Morgan fingerprint density at radius 3 is 2.65 bits per heavy atom. The summed E-state index contributed by atoms with van der Waals surface area (Å²) in [5.41, 5.74) is 2.17. The SMILES string of the molecule is Cc1ccc(C=O)cc1C=CCNC(=O)OC(C)(C)C. The maximum atomic E-state index is 11.4. The van der Waals surface area contributed by atoms with Gasteiger partial charge in [0.05, 0.1) is 0 Å². The molecule has 4 nitrogen and oxygen atoms in total. The maximum Gasteiger partial charge on any atom is 0.407 e. The third kappa shape index (κ3) is 5.69. The van der Waals surface area contributed by atoms with Crippen LogP contribution in [0.3, 0.4) is 0 Å². The second kappa shape index (κ2) is 6.89. The van der Waals surface area contributed by atoms with E-state index < -0.39 is 11.7 Å². The maximum absolute atomic E-state index is 11.4. The highest BCUT2D eigenvalue weighted by Gasteiger charge is 2.14. The van der Waals surface area contributed by atoms with E-state index in [9.17, 15) is 9.59 Å². The van der Waals surface area contributed by atoms with Crippen LogP contribution in [0.25, 0.3) is 6.08 Å². The van der Waals surface area contributed by atoms with Crippen LogP contribution in [0.15, 0.2) is 24.3 Å². The van der Waals surface area contributed by atoms with Crippen molar-refractivity contribution in [3.05, 3.63) is 41.0 Å². The number of hydrogen-bond acceptors (Lipinski definition) is 3. The number of benzene rings is 1. The number of carbonyl (C=O) groups excluding carboxylic acids is 2. The Kier molecular flexibility index (Phi) is 5.50. The van der Waals surface area contributed by atoms with Crippen molar-refractivity contribution < 1.29 is 14.3 Å². The Balaban J connectivity index is 2.53. The first-order chi connectivity index (χ1) is 9.31. The van der Waals surface area contributed by atoms with Gasteiger partial charge in [-0.3, -0.25) is 4.79 Å². The highest BCUT2D eigenvalue weighted by molar-refractivity contribution is 5.77. The Hall–Kier alpha value is -2.10. The van der Waals surface area contributed by atoms with Crippen LogP contribution in [0.5, 0.6) is 0 Å². The molecule has 0 saturated carbocycles. The third-order valence-corrected chi connectivity index (χ3v) is 2.50. The van der Waals surface area contributed by atoms with Gasteiger partial charge >= 0.3 is 6.09 Å². The topological polar surface area (TPSA) is 55.4 Å². The van der Waals surface area contributed by atoms with Crippen molar-refractivity contribution in [1.29, 1.82) is 0 Å². The minimum absolute atomic E-state index is 0.375. The molecule has 0 atom stereocenters. The number of rotatable bonds is 4. The highest BCUT2D eigenvalue weighted by atomic mass is 16.6. The van der Waals surface area contributed by atoms with Crippen molar-refractivity contribution in [3.63, 3.8) is 0 Å². The van der Waals surface area contributed by atoms with Crippen LogP contribution >= 0.6 is 0 Å². The van der Waals surface area contributed by atoms with Gasteiger partial charge in [-0.2, -0.15) is 0 Å². The molecule has 0 heterocycles. The summed E-state index contributed by atoms with van der Waals surface area (Å²) < 4.78 is 5.12. The first-order valence-corrected chi connectivity index (χ1v) is 6.51. The average Bonchev–Trinajstić information content (AvgIpc) is 2.34. The molecule has 0 fully saturated rings. The highest BCUT2D eigenvalue weighted by Crippen LogP contribution is 2.11. The van der Waals surface area contributed by atoms with Crippen LogP contribution in [0.2, 0.25) is 0 Å². The Labute approximate surface area is 119 Å². The zero-order valence-corrected chi connectivity index (χ0v) is 12.4. The Morgan fingerprint density at radius 1 is 1.35 bits per heavy atom. The number of carbonyl (C=O) groups is 2. The van der Waals surface area contributed by atoms with Gasteiger partial charge in [0.1, 0.15) is 11.9 Å². The quantitative estimate of drug-likeness (QED) is 0.857. The molecule has 0 bridgehead atoms. The summed E-state index contributed by atoms with van der Waals surface area (Å²) in [4.78, 5) is 22.1. The van der Waals surface area contributed by atoms with Gasteiger partial charge in [0.25, 0.3) is 0 Å². The van der Waals surface area contributed by atoms with E-state index in [1.54, 1.807) is 6.07 Å². The molecule has 0 aliphatic carbocycles. The van der Waals surface area contributed by atoms with Crippen LogP contribution < -0.4 is 5.32 Å². The lowest BCUT2D eigenvalue weighted by Gasteiger charge is -2.19. The van der Waals surface area contributed by atoms with Gasteiger partial charge in [-0.05, 0) is 44.9 Å². The first-order valence-electron chi connectivity index (χ1n) is 6.51. The van der Waals surface area contributed by atoms with Crippen molar-refractivity contribution in [2.24, 2.45) is 0 Å². The van der Waals surface area contributed by atoms with E-state index in [4.69, 9.17) is 4.74 Å². The molecule has 0 spiro atoms. The molecule has 1 amide bonds. The molecule has 20 heavy (non-hydrogen) atoms. The number of aldehydes is 1. The summed E-state index contributed by atoms with van der Waals surface area (Å²) in [6.45, 7) is 7.79. The van der Waals surface area contributed by atoms with Crippen molar-refractivity contribution >= 4 is 18.5 Å². The molecule has 0 aliphatic rings. The first kappa shape index (κ1) is 16.0. The monoisotopic (exact) mass is 275 g/mol. The molecule has 0 aliphatic heterocycles. The van der Waals surface area contributed by atoms with Crippen LogP contribution in [0.1, 0.15) is 42.3 Å². The van der Waals surface area contributed by atoms with E-state index >= 15 is 0 Å². The van der Waals surface area contributed by atoms with E-state index in [0.29, 0.717) is 12.1 Å². The zero-order chi connectivity index (χ0) is 15.2. The average molecular weight is 275 g/mol. The summed E-state index contributed by atoms with van der Waals surface area (Å²) in [6, 6.07) is 5.48. The molecule has 0 unspecified atom stereocenters. The minimum atomic E-state index is -0.497. The molecule has 1 rings (SSSR count). The number of alkyl carbamates (subject to hydrolysis) is 1. The van der Waals surface area contributed by atoms with Crippen LogP contribution in [0.4, 0.5) is 4.79 Å². The van der Waals surface area contributed by atoms with E-state index in [0.717, 1.165) is 17.4 Å². The van der Waals surface area contributed by atoms with E-state index in [1.807, 2.05) is 52.0 Å². The molecule has 108 valence electrons. The van der Waals surface area contributed by atoms with Gasteiger partial charge in [-0.1, -0.05) is 24.3 Å². The molecule has 0 aromatic heterocycles. The zero-order valence-electron chi connectivity index (χ0n) is 12.4. The fourth-order valence-corrected chi connectivity index (χ4v) is 1.55. The number of hydrogen-bond donors (Lipinski definition) is 1.